The summed E-state index contributed by atoms with van der Waals surface area (Å²) in [5.41, 5.74) is 0.895. The van der Waals surface area contributed by atoms with Gasteiger partial charge in [-0.05, 0) is 34.5 Å². The summed E-state index contributed by atoms with van der Waals surface area (Å²) in [5, 5.41) is 14.2. The normalized spacial score (nSPS) is 11.8. The van der Waals surface area contributed by atoms with E-state index in [1.807, 2.05) is 19.1 Å². The van der Waals surface area contributed by atoms with E-state index in [4.69, 9.17) is 14.2 Å². The van der Waals surface area contributed by atoms with E-state index in [1.165, 1.54) is 6.33 Å². The molecule has 0 aliphatic carbocycles. The number of aromatic nitrogens is 2. The van der Waals surface area contributed by atoms with Crippen LogP contribution in [0.1, 0.15) is 18.5 Å². The fourth-order valence-corrected chi connectivity index (χ4v) is 2.31. The number of aryl methyl sites for hydroxylation is 1. The predicted octanol–water partition coefficient (Wildman–Crippen LogP) is 2.54. The smallest absolute Gasteiger partial charge is 0.406 e. The largest absolute Gasteiger partial charge is 0.493 e. The average molecular weight is 350 g/mol. The van der Waals surface area contributed by atoms with E-state index in [9.17, 15) is 10.1 Å². The van der Waals surface area contributed by atoms with Gasteiger partial charge in [0.25, 0.3) is 0 Å². The zero-order valence-electron chi connectivity index (χ0n) is 14.7. The van der Waals surface area contributed by atoms with E-state index in [2.05, 4.69) is 10.3 Å². The zero-order valence-corrected chi connectivity index (χ0v) is 14.7. The summed E-state index contributed by atoms with van der Waals surface area (Å²) in [6.45, 7) is 2.80. The highest BCUT2D eigenvalue weighted by Crippen LogP contribution is 2.32. The summed E-state index contributed by atoms with van der Waals surface area (Å²) in [4.78, 5) is 14.4. The third-order valence-electron chi connectivity index (χ3n) is 3.68. The van der Waals surface area contributed by atoms with Gasteiger partial charge in [-0.15, -0.1) is 0 Å². The molecule has 2 aromatic rings. The number of rotatable bonds is 9. The van der Waals surface area contributed by atoms with Crippen molar-refractivity contribution < 1.29 is 19.1 Å². The van der Waals surface area contributed by atoms with E-state index in [1.54, 1.807) is 31.9 Å². The van der Waals surface area contributed by atoms with Gasteiger partial charge < -0.3 is 29.6 Å². The molecule has 25 heavy (non-hydrogen) atoms. The van der Waals surface area contributed by atoms with E-state index in [0.29, 0.717) is 30.5 Å². The van der Waals surface area contributed by atoms with E-state index >= 15 is 0 Å². The Labute approximate surface area is 145 Å². The molecular formula is C16H22N4O5. The second kappa shape index (κ2) is 8.34. The van der Waals surface area contributed by atoms with Gasteiger partial charge in [-0.1, -0.05) is 6.07 Å². The maximum Gasteiger partial charge on any atom is 0.406 e. The Morgan fingerprint density at radius 1 is 1.32 bits per heavy atom. The zero-order chi connectivity index (χ0) is 18.4. The number of nitrogens with one attached hydrogen (secondary N) is 1. The highest BCUT2D eigenvalue weighted by Gasteiger charge is 2.22. The lowest BCUT2D eigenvalue weighted by Gasteiger charge is -2.17. The van der Waals surface area contributed by atoms with Crippen LogP contribution < -0.4 is 14.8 Å². The molecule has 0 fully saturated rings. The summed E-state index contributed by atoms with van der Waals surface area (Å²) in [5.74, 6) is 1.33. The maximum atomic E-state index is 11.1. The Morgan fingerprint density at radius 3 is 2.72 bits per heavy atom. The van der Waals surface area contributed by atoms with Crippen molar-refractivity contribution in [1.82, 2.24) is 9.55 Å². The van der Waals surface area contributed by atoms with Crippen LogP contribution in [0.5, 0.6) is 11.5 Å². The van der Waals surface area contributed by atoms with Gasteiger partial charge in [-0.3, -0.25) is 4.57 Å². The summed E-state index contributed by atoms with van der Waals surface area (Å²) in [6, 6.07) is 5.32. The standard InChI is InChI=1S/C16H22N4O5/c1-11(18-16-15(20(21)22)17-10-19(16)2)12-5-6-13(14(9-12)24-4)25-8-7-23-3/h5-6,9-11,18H,7-8H2,1-4H3. The third-order valence-corrected chi connectivity index (χ3v) is 3.68. The fourth-order valence-electron chi connectivity index (χ4n) is 2.31. The molecule has 1 aromatic carbocycles. The molecule has 9 nitrogen and oxygen atoms in total. The van der Waals surface area contributed by atoms with Crippen molar-refractivity contribution in [2.75, 3.05) is 32.8 Å². The molecule has 0 aliphatic heterocycles. The molecule has 0 aliphatic rings. The minimum absolute atomic E-state index is 0.198. The lowest BCUT2D eigenvalue weighted by atomic mass is 10.1. The van der Waals surface area contributed by atoms with Crippen molar-refractivity contribution in [3.63, 3.8) is 0 Å². The topological polar surface area (TPSA) is 101 Å². The molecule has 0 saturated carbocycles. The SMILES string of the molecule is COCCOc1ccc(C(C)Nc2c([N+](=O)[O-])ncn2C)cc1OC. The van der Waals surface area contributed by atoms with Gasteiger partial charge in [0.15, 0.2) is 11.5 Å². The first kappa shape index (κ1) is 18.5. The minimum atomic E-state index is -0.512. The number of benzene rings is 1. The van der Waals surface area contributed by atoms with Crippen LogP contribution in [-0.2, 0) is 11.8 Å². The van der Waals surface area contributed by atoms with E-state index < -0.39 is 4.92 Å². The summed E-state index contributed by atoms with van der Waals surface area (Å²) >= 11 is 0. The maximum absolute atomic E-state index is 11.1. The predicted molar refractivity (Wildman–Crippen MR) is 92.3 cm³/mol. The number of ether oxygens (including phenoxy) is 3. The molecule has 1 heterocycles. The van der Waals surface area contributed by atoms with Crippen molar-refractivity contribution in [1.29, 1.82) is 0 Å². The van der Waals surface area contributed by atoms with Crippen LogP contribution in [-0.4, -0.2) is 41.9 Å². The first-order valence-corrected chi connectivity index (χ1v) is 7.69. The lowest BCUT2D eigenvalue weighted by molar-refractivity contribution is -0.388. The van der Waals surface area contributed by atoms with Crippen molar-refractivity contribution in [3.05, 3.63) is 40.2 Å². The number of hydrogen-bond donors (Lipinski definition) is 1. The Bertz CT molecular complexity index is 731. The van der Waals surface area contributed by atoms with Crippen LogP contribution in [0.25, 0.3) is 0 Å². The molecular weight excluding hydrogens is 328 g/mol. The number of imidazole rings is 1. The summed E-state index contributed by atoms with van der Waals surface area (Å²) in [7, 11) is 4.86. The average Bonchev–Trinajstić information content (AvgIpc) is 2.96. The number of nitro groups is 1. The third kappa shape index (κ3) is 4.38. The van der Waals surface area contributed by atoms with Crippen LogP contribution in [0.3, 0.4) is 0 Å². The van der Waals surface area contributed by atoms with Crippen molar-refractivity contribution in [2.45, 2.75) is 13.0 Å². The van der Waals surface area contributed by atoms with Crippen molar-refractivity contribution >= 4 is 11.6 Å². The monoisotopic (exact) mass is 350 g/mol. The fraction of sp³-hybridized carbons (Fsp3) is 0.438. The van der Waals surface area contributed by atoms with Crippen molar-refractivity contribution in [3.8, 4) is 11.5 Å². The summed E-state index contributed by atoms with van der Waals surface area (Å²) in [6.07, 6.45) is 1.40. The Morgan fingerprint density at radius 2 is 2.08 bits per heavy atom. The van der Waals surface area contributed by atoms with E-state index in [0.717, 1.165) is 5.56 Å². The van der Waals surface area contributed by atoms with Gasteiger partial charge in [-0.2, -0.15) is 0 Å². The molecule has 1 unspecified atom stereocenters. The van der Waals surface area contributed by atoms with Crippen molar-refractivity contribution in [2.24, 2.45) is 7.05 Å². The highest BCUT2D eigenvalue weighted by molar-refractivity contribution is 5.54. The second-order valence-corrected chi connectivity index (χ2v) is 5.40. The molecule has 1 aromatic heterocycles. The number of methoxy groups -OCH3 is 2. The van der Waals surface area contributed by atoms with Crippen LogP contribution >= 0.6 is 0 Å². The molecule has 9 heteroatoms. The molecule has 1 atom stereocenters. The molecule has 1 N–H and O–H groups in total. The number of anilines is 1. The first-order chi connectivity index (χ1) is 12.0. The van der Waals surface area contributed by atoms with Crippen LogP contribution in [0.15, 0.2) is 24.5 Å². The molecule has 0 amide bonds. The Kier molecular flexibility index (Phi) is 6.18. The summed E-state index contributed by atoms with van der Waals surface area (Å²) < 4.78 is 17.5. The van der Waals surface area contributed by atoms with Crippen LogP contribution in [0, 0.1) is 10.1 Å². The second-order valence-electron chi connectivity index (χ2n) is 5.40. The van der Waals surface area contributed by atoms with Gasteiger partial charge in [0.05, 0.1) is 19.8 Å². The Balaban J connectivity index is 2.18. The van der Waals surface area contributed by atoms with Crippen LogP contribution in [0.2, 0.25) is 0 Å². The van der Waals surface area contributed by atoms with Gasteiger partial charge in [-0.25, -0.2) is 0 Å². The molecule has 0 bridgehead atoms. The van der Waals surface area contributed by atoms with E-state index in [-0.39, 0.29) is 11.9 Å². The van der Waals surface area contributed by atoms with Gasteiger partial charge in [0, 0.05) is 14.2 Å². The quantitative estimate of drug-likeness (QED) is 0.421. The lowest BCUT2D eigenvalue weighted by Crippen LogP contribution is -2.11. The molecule has 0 saturated heterocycles. The molecule has 136 valence electrons. The van der Waals surface area contributed by atoms with Gasteiger partial charge in [0.2, 0.25) is 12.1 Å². The Hall–Kier alpha value is -2.81. The van der Waals surface area contributed by atoms with Gasteiger partial charge >= 0.3 is 5.82 Å². The molecule has 0 spiro atoms. The minimum Gasteiger partial charge on any atom is -0.493 e. The van der Waals surface area contributed by atoms with Gasteiger partial charge in [0.1, 0.15) is 6.61 Å². The highest BCUT2D eigenvalue weighted by atomic mass is 16.6. The molecule has 2 rings (SSSR count). The number of nitrogens with zero attached hydrogens (tertiary/aromatic N) is 3. The number of hydrogen-bond acceptors (Lipinski definition) is 7. The van der Waals surface area contributed by atoms with Crippen LogP contribution in [0.4, 0.5) is 11.6 Å². The molecule has 0 radical (unpaired) electrons. The first-order valence-electron chi connectivity index (χ1n) is 7.69.